The Kier molecular flexibility index (Phi) is 7.16. The predicted octanol–water partition coefficient (Wildman–Crippen LogP) is 4.07. The Morgan fingerprint density at radius 3 is 2.38 bits per heavy atom. The van der Waals surface area contributed by atoms with E-state index in [2.05, 4.69) is 6.07 Å². The summed E-state index contributed by atoms with van der Waals surface area (Å²) in [5.74, 6) is 0.0420. The highest BCUT2D eigenvalue weighted by Crippen LogP contribution is 2.42. The first kappa shape index (κ1) is 25.9. The molecule has 0 saturated carbocycles. The van der Waals surface area contributed by atoms with Crippen molar-refractivity contribution < 1.29 is 18.0 Å². The number of fused-ring (bicyclic) bond motifs is 1. The summed E-state index contributed by atoms with van der Waals surface area (Å²) in [6.07, 6.45) is 4.77. The van der Waals surface area contributed by atoms with Crippen LogP contribution in [0.4, 0.5) is 5.69 Å². The first-order valence-electron chi connectivity index (χ1n) is 13.4. The van der Waals surface area contributed by atoms with Crippen molar-refractivity contribution in [1.29, 1.82) is 0 Å². The van der Waals surface area contributed by atoms with Crippen molar-refractivity contribution in [3.8, 4) is 0 Å². The van der Waals surface area contributed by atoms with Crippen molar-refractivity contribution >= 4 is 27.5 Å². The lowest BCUT2D eigenvalue weighted by Crippen LogP contribution is -2.44. The van der Waals surface area contributed by atoms with Gasteiger partial charge in [0.05, 0.1) is 4.90 Å². The van der Waals surface area contributed by atoms with Crippen LogP contribution in [-0.2, 0) is 26.0 Å². The highest BCUT2D eigenvalue weighted by atomic mass is 32.2. The average Bonchev–Trinajstić information content (AvgIpc) is 3.31. The highest BCUT2D eigenvalue weighted by Gasteiger charge is 2.44. The molecule has 2 aromatic carbocycles. The summed E-state index contributed by atoms with van der Waals surface area (Å²) in [7, 11) is -3.53. The molecular formula is C29H37N3O4S. The van der Waals surface area contributed by atoms with E-state index in [1.807, 2.05) is 54.0 Å². The SMILES string of the molecule is Cc1ccc(C)c(S(=O)(=O)N2CCC3(CCN(C(=O)CCC(=O)N4CCCc5ccccc54)C3)CC2)c1. The quantitative estimate of drug-likeness (QED) is 0.592. The van der Waals surface area contributed by atoms with Crippen LogP contribution in [0.5, 0.6) is 0 Å². The fourth-order valence-corrected chi connectivity index (χ4v) is 7.93. The maximum absolute atomic E-state index is 13.3. The number of sulfonamides is 1. The largest absolute Gasteiger partial charge is 0.342 e. The number of carbonyl (C=O) groups is 2. The van der Waals surface area contributed by atoms with Gasteiger partial charge in [-0.25, -0.2) is 8.42 Å². The summed E-state index contributed by atoms with van der Waals surface area (Å²) in [6.45, 7) is 6.75. The summed E-state index contributed by atoms with van der Waals surface area (Å²) in [4.78, 5) is 30.1. The van der Waals surface area contributed by atoms with E-state index in [0.717, 1.165) is 48.9 Å². The van der Waals surface area contributed by atoms with E-state index < -0.39 is 10.0 Å². The van der Waals surface area contributed by atoms with Crippen LogP contribution in [0.2, 0.25) is 0 Å². The molecule has 0 radical (unpaired) electrons. The van der Waals surface area contributed by atoms with Gasteiger partial charge in [-0.15, -0.1) is 0 Å². The standard InChI is InChI=1S/C29H37N3O4S/c1-22-9-10-23(2)26(20-22)37(35,36)31-18-14-29(15-19-31)13-17-30(21-29)27(33)11-12-28(34)32-16-5-7-24-6-3-4-8-25(24)32/h3-4,6,8-10,20H,5,7,11-19,21H2,1-2H3. The molecule has 37 heavy (non-hydrogen) atoms. The lowest BCUT2D eigenvalue weighted by atomic mass is 9.78. The molecule has 2 saturated heterocycles. The first-order valence-corrected chi connectivity index (χ1v) is 14.9. The zero-order chi connectivity index (χ0) is 26.2. The van der Waals surface area contributed by atoms with E-state index in [1.54, 1.807) is 10.4 Å². The topological polar surface area (TPSA) is 78.0 Å². The highest BCUT2D eigenvalue weighted by molar-refractivity contribution is 7.89. The Balaban J connectivity index is 1.15. The number of rotatable bonds is 5. The van der Waals surface area contributed by atoms with Crippen molar-refractivity contribution in [3.63, 3.8) is 0 Å². The van der Waals surface area contributed by atoms with E-state index >= 15 is 0 Å². The van der Waals surface area contributed by atoms with Crippen molar-refractivity contribution in [1.82, 2.24) is 9.21 Å². The number of nitrogens with zero attached hydrogens (tertiary/aromatic N) is 3. The van der Waals surface area contributed by atoms with Crippen LogP contribution in [0.1, 0.15) is 55.2 Å². The third-order valence-corrected chi connectivity index (χ3v) is 10.5. The molecule has 1 spiro atoms. The number of hydrogen-bond donors (Lipinski definition) is 0. The summed E-state index contributed by atoms with van der Waals surface area (Å²) in [5.41, 5.74) is 3.85. The second kappa shape index (κ2) is 10.2. The molecule has 2 aromatic rings. The molecule has 3 aliphatic heterocycles. The lowest BCUT2D eigenvalue weighted by molar-refractivity contribution is -0.132. The van der Waals surface area contributed by atoms with Gasteiger partial charge < -0.3 is 9.80 Å². The minimum Gasteiger partial charge on any atom is -0.342 e. The van der Waals surface area contributed by atoms with Crippen LogP contribution in [0.3, 0.4) is 0 Å². The molecule has 3 heterocycles. The van der Waals surface area contributed by atoms with E-state index in [4.69, 9.17) is 0 Å². The van der Waals surface area contributed by atoms with Gasteiger partial charge in [0.25, 0.3) is 0 Å². The van der Waals surface area contributed by atoms with Crippen LogP contribution >= 0.6 is 0 Å². The zero-order valence-electron chi connectivity index (χ0n) is 21.9. The van der Waals surface area contributed by atoms with Gasteiger partial charge in [0.1, 0.15) is 0 Å². The molecule has 0 aromatic heterocycles. The fraction of sp³-hybridized carbons (Fsp3) is 0.517. The molecule has 8 heteroatoms. The molecule has 0 bridgehead atoms. The number of hydrogen-bond acceptors (Lipinski definition) is 4. The first-order chi connectivity index (χ1) is 17.7. The Bertz CT molecular complexity index is 1300. The maximum atomic E-state index is 13.3. The molecule has 0 atom stereocenters. The molecule has 5 rings (SSSR count). The summed E-state index contributed by atoms with van der Waals surface area (Å²) in [5, 5.41) is 0. The zero-order valence-corrected chi connectivity index (χ0v) is 22.7. The lowest BCUT2D eigenvalue weighted by Gasteiger charge is -2.38. The summed E-state index contributed by atoms with van der Waals surface area (Å²) in [6, 6.07) is 13.6. The molecule has 198 valence electrons. The van der Waals surface area contributed by atoms with Crippen LogP contribution < -0.4 is 4.90 Å². The fourth-order valence-electron chi connectivity index (χ4n) is 6.18. The van der Waals surface area contributed by atoms with Gasteiger partial charge in [0, 0.05) is 51.3 Å². The van der Waals surface area contributed by atoms with Crippen LogP contribution in [-0.4, -0.2) is 62.2 Å². The number of carbonyl (C=O) groups excluding carboxylic acids is 2. The number of likely N-dealkylation sites (tertiary alicyclic amines) is 1. The average molecular weight is 524 g/mol. The Hall–Kier alpha value is -2.71. The molecule has 2 fully saturated rings. The summed E-state index contributed by atoms with van der Waals surface area (Å²) >= 11 is 0. The van der Waals surface area contributed by atoms with Gasteiger partial charge >= 0.3 is 0 Å². The number of para-hydroxylation sites is 1. The van der Waals surface area contributed by atoms with Gasteiger partial charge in [0.2, 0.25) is 21.8 Å². The number of piperidine rings is 1. The second-order valence-electron chi connectivity index (χ2n) is 11.0. The van der Waals surface area contributed by atoms with Gasteiger partial charge in [0.15, 0.2) is 0 Å². The van der Waals surface area contributed by atoms with Crippen molar-refractivity contribution in [2.45, 2.75) is 63.7 Å². The van der Waals surface area contributed by atoms with Crippen molar-refractivity contribution in [2.75, 3.05) is 37.6 Å². The van der Waals surface area contributed by atoms with E-state index in [-0.39, 0.29) is 30.1 Å². The Labute approximate surface area is 220 Å². The van der Waals surface area contributed by atoms with Crippen LogP contribution in [0, 0.1) is 19.3 Å². The van der Waals surface area contributed by atoms with Crippen molar-refractivity contribution in [3.05, 3.63) is 59.2 Å². The van der Waals surface area contributed by atoms with Gasteiger partial charge in [-0.05, 0) is 80.2 Å². The number of amides is 2. The minimum absolute atomic E-state index is 0.0133. The monoisotopic (exact) mass is 523 g/mol. The summed E-state index contributed by atoms with van der Waals surface area (Å²) < 4.78 is 28.2. The normalized spacial score (nSPS) is 19.7. The third-order valence-electron chi connectivity index (χ3n) is 8.50. The van der Waals surface area contributed by atoms with E-state index in [9.17, 15) is 18.0 Å². The number of anilines is 1. The molecule has 0 aliphatic carbocycles. The third kappa shape index (κ3) is 5.18. The van der Waals surface area contributed by atoms with Crippen molar-refractivity contribution in [2.24, 2.45) is 5.41 Å². The van der Waals surface area contributed by atoms with Gasteiger partial charge in [-0.2, -0.15) is 4.31 Å². The predicted molar refractivity (Wildman–Crippen MR) is 144 cm³/mol. The number of benzene rings is 2. The van der Waals surface area contributed by atoms with Gasteiger partial charge in [-0.3, -0.25) is 9.59 Å². The molecular weight excluding hydrogens is 486 g/mol. The van der Waals surface area contributed by atoms with Gasteiger partial charge in [-0.1, -0.05) is 30.3 Å². The van der Waals surface area contributed by atoms with E-state index in [1.165, 1.54) is 5.56 Å². The van der Waals surface area contributed by atoms with Crippen LogP contribution in [0.15, 0.2) is 47.4 Å². The minimum atomic E-state index is -3.53. The Morgan fingerprint density at radius 2 is 1.59 bits per heavy atom. The molecule has 2 amide bonds. The van der Waals surface area contributed by atoms with Crippen LogP contribution in [0.25, 0.3) is 0 Å². The number of aryl methyl sites for hydroxylation is 3. The second-order valence-corrected chi connectivity index (χ2v) is 12.9. The van der Waals surface area contributed by atoms with E-state index in [0.29, 0.717) is 37.6 Å². The molecule has 7 nitrogen and oxygen atoms in total. The molecule has 0 unspecified atom stereocenters. The molecule has 0 N–H and O–H groups in total. The maximum Gasteiger partial charge on any atom is 0.243 e. The Morgan fingerprint density at radius 1 is 0.892 bits per heavy atom. The molecule has 3 aliphatic rings. The smallest absolute Gasteiger partial charge is 0.243 e.